The summed E-state index contributed by atoms with van der Waals surface area (Å²) in [5.41, 5.74) is 0.955. The fraction of sp³-hybridized carbons (Fsp3) is 0.600. The van der Waals surface area contributed by atoms with E-state index in [-0.39, 0.29) is 0 Å². The second kappa shape index (κ2) is 4.93. The monoisotopic (exact) mass is 338 g/mol. The van der Waals surface area contributed by atoms with E-state index < -0.39 is 0 Å². The molecule has 0 amide bonds. The Morgan fingerprint density at radius 2 is 2.27 bits per heavy atom. The number of nitrogens with zero attached hydrogens (tertiary/aromatic N) is 2. The van der Waals surface area contributed by atoms with E-state index in [0.717, 1.165) is 41.1 Å². The quantitative estimate of drug-likeness (QED) is 0.583. The average molecular weight is 339 g/mol. The highest BCUT2D eigenvalue weighted by Gasteiger charge is 2.20. The van der Waals surface area contributed by atoms with E-state index in [9.17, 15) is 0 Å². The molecule has 1 aliphatic rings. The van der Waals surface area contributed by atoms with Crippen LogP contribution in [0.25, 0.3) is 0 Å². The largest absolute Gasteiger partial charge is 0.381 e. The van der Waals surface area contributed by atoms with Crippen LogP contribution in [0.2, 0.25) is 5.15 Å². The Kier molecular flexibility index (Phi) is 3.79. The predicted octanol–water partition coefficient (Wildman–Crippen LogP) is 2.94. The second-order valence-corrected chi connectivity index (χ2v) is 5.12. The summed E-state index contributed by atoms with van der Waals surface area (Å²) < 4.78 is 6.36. The van der Waals surface area contributed by atoms with Crippen molar-refractivity contribution in [1.82, 2.24) is 9.97 Å². The van der Waals surface area contributed by atoms with Crippen LogP contribution in [0.5, 0.6) is 0 Å². The van der Waals surface area contributed by atoms with Crippen molar-refractivity contribution in [2.24, 2.45) is 0 Å². The van der Waals surface area contributed by atoms with Gasteiger partial charge in [0.1, 0.15) is 11.0 Å². The van der Waals surface area contributed by atoms with Crippen molar-refractivity contribution in [2.45, 2.75) is 25.7 Å². The molecule has 5 heteroatoms. The van der Waals surface area contributed by atoms with Gasteiger partial charge in [0.25, 0.3) is 0 Å². The van der Waals surface area contributed by atoms with E-state index in [1.54, 1.807) is 0 Å². The van der Waals surface area contributed by atoms with Crippen LogP contribution in [-0.2, 0) is 4.74 Å². The molecule has 1 fully saturated rings. The minimum atomic E-state index is 0.312. The Morgan fingerprint density at radius 1 is 1.47 bits per heavy atom. The number of aromatic nitrogens is 2. The van der Waals surface area contributed by atoms with Gasteiger partial charge in [0.15, 0.2) is 0 Å². The zero-order chi connectivity index (χ0) is 10.8. The maximum absolute atomic E-state index is 6.04. The van der Waals surface area contributed by atoms with Crippen LogP contribution in [-0.4, -0.2) is 23.2 Å². The molecule has 15 heavy (non-hydrogen) atoms. The van der Waals surface area contributed by atoms with E-state index in [2.05, 4.69) is 32.6 Å². The number of aryl methyl sites for hydroxylation is 1. The van der Waals surface area contributed by atoms with Gasteiger partial charge in [-0.05, 0) is 42.4 Å². The molecule has 2 rings (SSSR count). The first kappa shape index (κ1) is 11.5. The molecule has 0 N–H and O–H groups in total. The van der Waals surface area contributed by atoms with Gasteiger partial charge in [0.2, 0.25) is 0 Å². The van der Waals surface area contributed by atoms with Crippen LogP contribution in [0.15, 0.2) is 0 Å². The molecular formula is C10H12ClIN2O. The first-order valence-electron chi connectivity index (χ1n) is 4.95. The van der Waals surface area contributed by atoms with E-state index in [1.807, 2.05) is 6.92 Å². The highest BCUT2D eigenvalue weighted by molar-refractivity contribution is 14.1. The molecule has 1 unspecified atom stereocenters. The van der Waals surface area contributed by atoms with Crippen LogP contribution in [0.1, 0.15) is 30.3 Å². The van der Waals surface area contributed by atoms with Crippen molar-refractivity contribution in [1.29, 1.82) is 0 Å². The number of rotatable bonds is 1. The molecule has 1 aliphatic heterocycles. The van der Waals surface area contributed by atoms with Crippen LogP contribution >= 0.6 is 34.2 Å². The van der Waals surface area contributed by atoms with Crippen LogP contribution in [0.4, 0.5) is 0 Å². The van der Waals surface area contributed by atoms with E-state index in [0.29, 0.717) is 11.1 Å². The standard InChI is InChI=1S/C10H12ClIN2O/c1-6-8(12)9(11)14-10(13-6)7-3-2-4-15-5-7/h7H,2-5H2,1H3. The zero-order valence-corrected chi connectivity index (χ0v) is 11.4. The Morgan fingerprint density at radius 3 is 2.87 bits per heavy atom. The van der Waals surface area contributed by atoms with Crippen LogP contribution in [0, 0.1) is 10.5 Å². The van der Waals surface area contributed by atoms with Crippen molar-refractivity contribution in [3.05, 3.63) is 20.2 Å². The maximum atomic E-state index is 6.04. The van der Waals surface area contributed by atoms with Gasteiger partial charge >= 0.3 is 0 Å². The molecule has 3 nitrogen and oxygen atoms in total. The number of ether oxygens (including phenoxy) is 1. The van der Waals surface area contributed by atoms with Gasteiger partial charge in [-0.3, -0.25) is 0 Å². The number of hydrogen-bond acceptors (Lipinski definition) is 3. The van der Waals surface area contributed by atoms with Gasteiger partial charge in [0, 0.05) is 12.5 Å². The lowest BCUT2D eigenvalue weighted by atomic mass is 10.0. The van der Waals surface area contributed by atoms with Crippen molar-refractivity contribution in [3.63, 3.8) is 0 Å². The molecule has 0 spiro atoms. The van der Waals surface area contributed by atoms with E-state index >= 15 is 0 Å². The third kappa shape index (κ3) is 2.60. The van der Waals surface area contributed by atoms with Gasteiger partial charge in [-0.2, -0.15) is 0 Å². The molecule has 0 saturated carbocycles. The molecule has 0 radical (unpaired) electrons. The minimum absolute atomic E-state index is 0.312. The van der Waals surface area contributed by atoms with Crippen molar-refractivity contribution < 1.29 is 4.74 Å². The molecule has 1 aromatic heterocycles. The Balaban J connectivity index is 2.27. The summed E-state index contributed by atoms with van der Waals surface area (Å²) in [5.74, 6) is 1.14. The van der Waals surface area contributed by atoms with Gasteiger partial charge in [0.05, 0.1) is 15.9 Å². The van der Waals surface area contributed by atoms with E-state index in [1.165, 1.54) is 0 Å². The van der Waals surface area contributed by atoms with Crippen LogP contribution < -0.4 is 0 Å². The fourth-order valence-corrected chi connectivity index (χ4v) is 2.14. The normalized spacial score (nSPS) is 21.7. The lowest BCUT2D eigenvalue weighted by Crippen LogP contribution is -2.18. The van der Waals surface area contributed by atoms with Crippen molar-refractivity contribution in [3.8, 4) is 0 Å². The maximum Gasteiger partial charge on any atom is 0.146 e. The molecule has 2 heterocycles. The van der Waals surface area contributed by atoms with Gasteiger partial charge in [-0.15, -0.1) is 0 Å². The third-order valence-electron chi connectivity index (χ3n) is 2.52. The number of halogens is 2. The lowest BCUT2D eigenvalue weighted by Gasteiger charge is -2.21. The summed E-state index contributed by atoms with van der Waals surface area (Å²) >= 11 is 8.21. The van der Waals surface area contributed by atoms with Crippen molar-refractivity contribution >= 4 is 34.2 Å². The van der Waals surface area contributed by atoms with E-state index in [4.69, 9.17) is 16.3 Å². The summed E-state index contributed by atoms with van der Waals surface area (Å²) in [6, 6.07) is 0. The zero-order valence-electron chi connectivity index (χ0n) is 8.46. The molecule has 0 bridgehead atoms. The molecule has 0 aromatic carbocycles. The molecule has 82 valence electrons. The second-order valence-electron chi connectivity index (χ2n) is 3.69. The molecule has 0 aliphatic carbocycles. The molecule has 1 aromatic rings. The number of hydrogen-bond donors (Lipinski definition) is 0. The summed E-state index contributed by atoms with van der Waals surface area (Å²) in [6.45, 7) is 3.53. The highest BCUT2D eigenvalue weighted by atomic mass is 127. The topological polar surface area (TPSA) is 35.0 Å². The summed E-state index contributed by atoms with van der Waals surface area (Å²) in [7, 11) is 0. The highest BCUT2D eigenvalue weighted by Crippen LogP contribution is 2.26. The van der Waals surface area contributed by atoms with Gasteiger partial charge in [-0.25, -0.2) is 9.97 Å². The van der Waals surface area contributed by atoms with Crippen molar-refractivity contribution in [2.75, 3.05) is 13.2 Å². The summed E-state index contributed by atoms with van der Waals surface area (Å²) in [4.78, 5) is 8.80. The Bertz CT molecular complexity index is 343. The van der Waals surface area contributed by atoms with Gasteiger partial charge < -0.3 is 4.74 Å². The van der Waals surface area contributed by atoms with Crippen LogP contribution in [0.3, 0.4) is 0 Å². The summed E-state index contributed by atoms with van der Waals surface area (Å²) in [6.07, 6.45) is 2.17. The Hall–Kier alpha value is 0.0600. The molecule has 1 saturated heterocycles. The first-order valence-corrected chi connectivity index (χ1v) is 6.41. The molecule has 1 atom stereocenters. The predicted molar refractivity (Wildman–Crippen MR) is 67.3 cm³/mol. The molecular weight excluding hydrogens is 326 g/mol. The third-order valence-corrected chi connectivity index (χ3v) is 4.40. The minimum Gasteiger partial charge on any atom is -0.381 e. The first-order chi connectivity index (χ1) is 7.18. The average Bonchev–Trinajstić information content (AvgIpc) is 2.26. The SMILES string of the molecule is Cc1nc(C2CCCOC2)nc(Cl)c1I. The van der Waals surface area contributed by atoms with Gasteiger partial charge in [-0.1, -0.05) is 11.6 Å². The summed E-state index contributed by atoms with van der Waals surface area (Å²) in [5, 5.41) is 0.559. The fourth-order valence-electron chi connectivity index (χ4n) is 1.67. The lowest BCUT2D eigenvalue weighted by molar-refractivity contribution is 0.0780. The Labute approximate surface area is 108 Å². The smallest absolute Gasteiger partial charge is 0.146 e.